The maximum absolute atomic E-state index is 5.98. The van der Waals surface area contributed by atoms with Crippen molar-refractivity contribution in [2.75, 3.05) is 13.2 Å². The van der Waals surface area contributed by atoms with Gasteiger partial charge in [0.2, 0.25) is 0 Å². The Morgan fingerprint density at radius 3 is 2.78 bits per heavy atom. The van der Waals surface area contributed by atoms with Crippen LogP contribution in [0.4, 0.5) is 0 Å². The number of nitrogens with two attached hydrogens (primary N) is 1. The van der Waals surface area contributed by atoms with Crippen LogP contribution in [0.2, 0.25) is 0 Å². The first-order valence-electron chi connectivity index (χ1n) is 6.32. The van der Waals surface area contributed by atoms with Gasteiger partial charge in [-0.1, -0.05) is 6.92 Å². The number of hydrogen-bond donors (Lipinski definition) is 2. The summed E-state index contributed by atoms with van der Waals surface area (Å²) in [6, 6.07) is 3.80. The molecule has 2 aromatic rings. The topological polar surface area (TPSA) is 73.2 Å². The van der Waals surface area contributed by atoms with Crippen LogP contribution in [-0.4, -0.2) is 23.2 Å². The fraction of sp³-hybridized carbons (Fsp3) is 0.462. The number of hydrogen-bond acceptors (Lipinski definition) is 4. The summed E-state index contributed by atoms with van der Waals surface area (Å²) >= 11 is 0. The summed E-state index contributed by atoms with van der Waals surface area (Å²) < 4.78 is 11.3. The first kappa shape index (κ1) is 11.3. The molecule has 3 N–H and O–H groups in total. The van der Waals surface area contributed by atoms with Gasteiger partial charge in [-0.25, -0.2) is 4.98 Å². The van der Waals surface area contributed by atoms with Gasteiger partial charge in [0.25, 0.3) is 0 Å². The minimum absolute atomic E-state index is 0.0564. The van der Waals surface area contributed by atoms with Crippen LogP contribution in [0, 0.1) is 0 Å². The molecule has 5 heteroatoms. The van der Waals surface area contributed by atoms with Crippen molar-refractivity contribution in [3.8, 4) is 11.5 Å². The number of fused-ring (bicyclic) bond motifs is 2. The lowest BCUT2D eigenvalue weighted by atomic mass is 10.2. The highest BCUT2D eigenvalue weighted by molar-refractivity contribution is 5.80. The molecule has 18 heavy (non-hydrogen) atoms. The molecule has 1 aliphatic rings. The number of benzene rings is 1. The molecule has 0 radical (unpaired) electrons. The van der Waals surface area contributed by atoms with Crippen LogP contribution >= 0.6 is 0 Å². The fourth-order valence-corrected chi connectivity index (χ4v) is 2.06. The van der Waals surface area contributed by atoms with E-state index in [1.165, 1.54) is 0 Å². The average Bonchev–Trinajstić information content (AvgIpc) is 2.66. The molecule has 5 nitrogen and oxygen atoms in total. The van der Waals surface area contributed by atoms with Crippen molar-refractivity contribution < 1.29 is 9.47 Å². The lowest BCUT2D eigenvalue weighted by molar-refractivity contribution is 0.297. The molecule has 1 atom stereocenters. The molecule has 0 saturated carbocycles. The second kappa shape index (κ2) is 4.49. The molecule has 0 bridgehead atoms. The molecule has 1 aliphatic heterocycles. The normalized spacial score (nSPS) is 16.6. The number of nitrogens with one attached hydrogen (secondary N) is 1. The van der Waals surface area contributed by atoms with Crippen molar-refractivity contribution in [3.05, 3.63) is 18.0 Å². The van der Waals surface area contributed by atoms with Crippen LogP contribution in [0.25, 0.3) is 11.0 Å². The smallest absolute Gasteiger partial charge is 0.163 e. The van der Waals surface area contributed by atoms with Gasteiger partial charge in [-0.05, 0) is 6.42 Å². The van der Waals surface area contributed by atoms with Gasteiger partial charge in [-0.3, -0.25) is 0 Å². The van der Waals surface area contributed by atoms with Gasteiger partial charge in [0.15, 0.2) is 11.5 Å². The average molecular weight is 247 g/mol. The lowest BCUT2D eigenvalue weighted by Gasteiger charge is -2.05. The van der Waals surface area contributed by atoms with E-state index in [-0.39, 0.29) is 6.04 Å². The molecular weight excluding hydrogens is 230 g/mol. The summed E-state index contributed by atoms with van der Waals surface area (Å²) in [5, 5.41) is 0. The molecule has 0 aliphatic carbocycles. The number of ether oxygens (including phenoxy) is 2. The van der Waals surface area contributed by atoms with E-state index in [0.717, 1.165) is 41.2 Å². The summed E-state index contributed by atoms with van der Waals surface area (Å²) in [6.07, 6.45) is 1.76. The zero-order chi connectivity index (χ0) is 12.5. The maximum atomic E-state index is 5.98. The molecule has 1 aromatic carbocycles. The van der Waals surface area contributed by atoms with Gasteiger partial charge < -0.3 is 20.2 Å². The van der Waals surface area contributed by atoms with E-state index < -0.39 is 0 Å². The van der Waals surface area contributed by atoms with E-state index in [1.54, 1.807) is 0 Å². The first-order valence-corrected chi connectivity index (χ1v) is 6.32. The van der Waals surface area contributed by atoms with E-state index >= 15 is 0 Å². The third kappa shape index (κ3) is 1.90. The van der Waals surface area contributed by atoms with Gasteiger partial charge in [0, 0.05) is 18.6 Å². The molecular formula is C13H17N3O2. The summed E-state index contributed by atoms with van der Waals surface area (Å²) in [4.78, 5) is 7.75. The van der Waals surface area contributed by atoms with Crippen LogP contribution < -0.4 is 15.2 Å². The number of nitrogens with zero attached hydrogens (tertiary/aromatic N) is 1. The highest BCUT2D eigenvalue weighted by Crippen LogP contribution is 2.33. The van der Waals surface area contributed by atoms with Crippen LogP contribution in [0.1, 0.15) is 31.6 Å². The molecule has 3 rings (SSSR count). The van der Waals surface area contributed by atoms with Gasteiger partial charge in [0.05, 0.1) is 30.3 Å². The van der Waals surface area contributed by atoms with Gasteiger partial charge in [-0.2, -0.15) is 0 Å². The van der Waals surface area contributed by atoms with E-state index in [2.05, 4.69) is 9.97 Å². The molecule has 0 amide bonds. The number of aromatic nitrogens is 2. The van der Waals surface area contributed by atoms with Crippen LogP contribution in [0.15, 0.2) is 12.1 Å². The van der Waals surface area contributed by atoms with Gasteiger partial charge in [0.1, 0.15) is 5.82 Å². The summed E-state index contributed by atoms with van der Waals surface area (Å²) in [6.45, 7) is 3.41. The molecule has 2 heterocycles. The minimum atomic E-state index is -0.0564. The van der Waals surface area contributed by atoms with E-state index in [1.807, 2.05) is 19.1 Å². The highest BCUT2D eigenvalue weighted by atomic mass is 16.5. The largest absolute Gasteiger partial charge is 0.489 e. The summed E-state index contributed by atoms with van der Waals surface area (Å²) in [5.74, 6) is 2.36. The predicted molar refractivity (Wildman–Crippen MR) is 68.9 cm³/mol. The number of rotatable bonds is 2. The highest BCUT2D eigenvalue weighted by Gasteiger charge is 2.15. The van der Waals surface area contributed by atoms with Crippen LogP contribution in [-0.2, 0) is 0 Å². The van der Waals surface area contributed by atoms with E-state index in [0.29, 0.717) is 13.2 Å². The Morgan fingerprint density at radius 1 is 1.33 bits per heavy atom. The zero-order valence-electron chi connectivity index (χ0n) is 10.4. The Bertz CT molecular complexity index is 522. The molecule has 96 valence electrons. The second-order valence-corrected chi connectivity index (χ2v) is 4.50. The first-order chi connectivity index (χ1) is 8.78. The van der Waals surface area contributed by atoms with Gasteiger partial charge >= 0.3 is 0 Å². The molecule has 0 saturated heterocycles. The van der Waals surface area contributed by atoms with Gasteiger partial charge in [-0.15, -0.1) is 0 Å². The fourth-order valence-electron chi connectivity index (χ4n) is 2.06. The standard InChI is InChI=1S/C13H17N3O2/c1-2-8(14)13-15-9-6-11-12(7-10(9)16-13)18-5-3-4-17-11/h6-8H,2-5,14H2,1H3,(H,15,16). The van der Waals surface area contributed by atoms with Crippen molar-refractivity contribution >= 4 is 11.0 Å². The third-order valence-corrected chi connectivity index (χ3v) is 3.16. The van der Waals surface area contributed by atoms with Crippen molar-refractivity contribution in [2.45, 2.75) is 25.8 Å². The molecule has 1 aromatic heterocycles. The predicted octanol–water partition coefficient (Wildman–Crippen LogP) is 2.13. The Labute approximate surface area is 105 Å². The second-order valence-electron chi connectivity index (χ2n) is 4.50. The maximum Gasteiger partial charge on any atom is 0.163 e. The summed E-state index contributed by atoms with van der Waals surface area (Å²) in [7, 11) is 0. The zero-order valence-corrected chi connectivity index (χ0v) is 10.4. The van der Waals surface area contributed by atoms with Crippen molar-refractivity contribution in [3.63, 3.8) is 0 Å². The molecule has 1 unspecified atom stereocenters. The van der Waals surface area contributed by atoms with E-state index in [4.69, 9.17) is 15.2 Å². The Morgan fingerprint density at radius 2 is 2.06 bits per heavy atom. The van der Waals surface area contributed by atoms with Crippen molar-refractivity contribution in [1.82, 2.24) is 9.97 Å². The van der Waals surface area contributed by atoms with Crippen molar-refractivity contribution in [1.29, 1.82) is 0 Å². The van der Waals surface area contributed by atoms with Crippen LogP contribution in [0.5, 0.6) is 11.5 Å². The van der Waals surface area contributed by atoms with Crippen molar-refractivity contribution in [2.24, 2.45) is 5.73 Å². The number of aromatic amines is 1. The summed E-state index contributed by atoms with van der Waals surface area (Å²) in [5.41, 5.74) is 7.80. The minimum Gasteiger partial charge on any atom is -0.489 e. The Balaban J connectivity index is 2.06. The number of imidazole rings is 1. The number of H-pyrrole nitrogens is 1. The molecule has 0 fully saturated rings. The quantitative estimate of drug-likeness (QED) is 0.852. The SMILES string of the molecule is CCC(N)c1nc2cc3c(cc2[nH]1)OCCCO3. The van der Waals surface area contributed by atoms with E-state index in [9.17, 15) is 0 Å². The monoisotopic (exact) mass is 247 g/mol. The Kier molecular flexibility index (Phi) is 2.83. The van der Waals surface area contributed by atoms with Crippen LogP contribution in [0.3, 0.4) is 0 Å². The Hall–Kier alpha value is -1.75. The third-order valence-electron chi connectivity index (χ3n) is 3.16. The molecule has 0 spiro atoms. The lowest BCUT2D eigenvalue weighted by Crippen LogP contribution is -2.10.